The molecule has 3 heterocycles. The van der Waals surface area contributed by atoms with Gasteiger partial charge in [0.15, 0.2) is 0 Å². The number of carbonyl (C=O) groups excluding carboxylic acids is 2. The second kappa shape index (κ2) is 9.82. The fourth-order valence-corrected chi connectivity index (χ4v) is 4.19. The van der Waals surface area contributed by atoms with E-state index in [4.69, 9.17) is 14.0 Å². The van der Waals surface area contributed by atoms with Crippen LogP contribution in [0, 0.1) is 0 Å². The van der Waals surface area contributed by atoms with E-state index < -0.39 is 0 Å². The molecule has 0 aliphatic carbocycles. The summed E-state index contributed by atoms with van der Waals surface area (Å²) in [5.41, 5.74) is 0.478. The molecule has 0 bridgehead atoms. The normalized spacial score (nSPS) is 13.8. The van der Waals surface area contributed by atoms with E-state index in [0.29, 0.717) is 61.4 Å². The lowest BCUT2D eigenvalue weighted by Gasteiger charge is -2.35. The van der Waals surface area contributed by atoms with Crippen LogP contribution in [0.4, 0.5) is 0 Å². The van der Waals surface area contributed by atoms with Crippen LogP contribution >= 0.6 is 11.3 Å². The molecule has 0 spiro atoms. The van der Waals surface area contributed by atoms with Gasteiger partial charge in [0, 0.05) is 45.1 Å². The van der Waals surface area contributed by atoms with Crippen molar-refractivity contribution in [1.82, 2.24) is 19.9 Å². The molecule has 10 heteroatoms. The number of carbonyl (C=O) groups is 2. The van der Waals surface area contributed by atoms with Gasteiger partial charge in [-0.15, -0.1) is 11.3 Å². The molecule has 168 valence electrons. The van der Waals surface area contributed by atoms with E-state index in [9.17, 15) is 9.59 Å². The van der Waals surface area contributed by atoms with Gasteiger partial charge in [-0.3, -0.25) is 9.59 Å². The van der Waals surface area contributed by atoms with Crippen LogP contribution in [0.5, 0.6) is 11.5 Å². The Morgan fingerprint density at radius 1 is 1.09 bits per heavy atom. The van der Waals surface area contributed by atoms with E-state index in [-0.39, 0.29) is 18.2 Å². The highest BCUT2D eigenvalue weighted by Crippen LogP contribution is 2.26. The topological polar surface area (TPSA) is 98.0 Å². The number of ether oxygens (including phenoxy) is 2. The van der Waals surface area contributed by atoms with Crippen LogP contribution in [0.25, 0.3) is 10.7 Å². The highest BCUT2D eigenvalue weighted by atomic mass is 32.1. The number of aromatic nitrogens is 2. The number of piperazine rings is 1. The number of benzene rings is 1. The molecule has 0 atom stereocenters. The van der Waals surface area contributed by atoms with Crippen molar-refractivity contribution in [3.05, 3.63) is 47.2 Å². The zero-order valence-electron chi connectivity index (χ0n) is 17.9. The molecule has 1 aliphatic heterocycles. The highest BCUT2D eigenvalue weighted by molar-refractivity contribution is 7.13. The van der Waals surface area contributed by atoms with Gasteiger partial charge in [0.25, 0.3) is 5.91 Å². The van der Waals surface area contributed by atoms with Crippen LogP contribution in [0.3, 0.4) is 0 Å². The van der Waals surface area contributed by atoms with Crippen LogP contribution in [0.2, 0.25) is 0 Å². The van der Waals surface area contributed by atoms with Crippen LogP contribution in [0.15, 0.2) is 40.2 Å². The first kappa shape index (κ1) is 21.8. The monoisotopic (exact) mass is 456 g/mol. The largest absolute Gasteiger partial charge is 0.497 e. The summed E-state index contributed by atoms with van der Waals surface area (Å²) in [6, 6.07) is 8.97. The minimum atomic E-state index is -0.122. The van der Waals surface area contributed by atoms with E-state index in [0.717, 1.165) is 4.88 Å². The molecular formula is C22H24N4O5S. The molecule has 2 amide bonds. The van der Waals surface area contributed by atoms with E-state index in [1.54, 1.807) is 35.1 Å². The second-order valence-corrected chi connectivity index (χ2v) is 8.18. The fraction of sp³-hybridized carbons (Fsp3) is 0.364. The smallest absolute Gasteiger partial charge is 0.257 e. The molecule has 1 aromatic carbocycles. The van der Waals surface area contributed by atoms with Crippen LogP contribution in [0.1, 0.15) is 22.7 Å². The highest BCUT2D eigenvalue weighted by Gasteiger charge is 2.27. The first-order chi connectivity index (χ1) is 15.6. The molecule has 1 fully saturated rings. The third-order valence-corrected chi connectivity index (χ3v) is 6.19. The van der Waals surface area contributed by atoms with Crippen molar-refractivity contribution in [2.75, 3.05) is 40.4 Å². The number of hydrogen-bond donors (Lipinski definition) is 0. The number of methoxy groups -OCH3 is 2. The summed E-state index contributed by atoms with van der Waals surface area (Å²) in [6.07, 6.45) is 0.672. The van der Waals surface area contributed by atoms with E-state index in [2.05, 4.69) is 10.1 Å². The maximum Gasteiger partial charge on any atom is 0.257 e. The van der Waals surface area contributed by atoms with Crippen molar-refractivity contribution in [3.8, 4) is 22.2 Å². The molecule has 1 saturated heterocycles. The van der Waals surface area contributed by atoms with Gasteiger partial charge in [0.2, 0.25) is 17.6 Å². The predicted octanol–water partition coefficient (Wildman–Crippen LogP) is 2.73. The van der Waals surface area contributed by atoms with Crippen molar-refractivity contribution >= 4 is 23.2 Å². The Hall–Kier alpha value is -3.40. The average molecular weight is 457 g/mol. The summed E-state index contributed by atoms with van der Waals surface area (Å²) in [7, 11) is 3.09. The summed E-state index contributed by atoms with van der Waals surface area (Å²) in [4.78, 5) is 34.4. The first-order valence-electron chi connectivity index (χ1n) is 10.2. The third kappa shape index (κ3) is 4.75. The van der Waals surface area contributed by atoms with E-state index in [1.165, 1.54) is 18.4 Å². The van der Waals surface area contributed by atoms with Crippen molar-refractivity contribution < 1.29 is 23.6 Å². The number of aryl methyl sites for hydroxylation is 1. The molecule has 3 aromatic rings. The summed E-state index contributed by atoms with van der Waals surface area (Å²) in [5.74, 6) is 1.97. The van der Waals surface area contributed by atoms with E-state index in [1.807, 2.05) is 17.5 Å². The Labute approximate surface area is 189 Å². The molecule has 9 nitrogen and oxygen atoms in total. The molecule has 32 heavy (non-hydrogen) atoms. The molecule has 0 unspecified atom stereocenters. The molecule has 0 saturated carbocycles. The maximum absolute atomic E-state index is 12.9. The van der Waals surface area contributed by atoms with Gasteiger partial charge < -0.3 is 23.8 Å². The van der Waals surface area contributed by atoms with Gasteiger partial charge >= 0.3 is 0 Å². The van der Waals surface area contributed by atoms with Gasteiger partial charge in [-0.1, -0.05) is 11.2 Å². The summed E-state index contributed by atoms with van der Waals surface area (Å²) < 4.78 is 15.8. The predicted molar refractivity (Wildman–Crippen MR) is 118 cm³/mol. The Morgan fingerprint density at radius 2 is 1.88 bits per heavy atom. The lowest BCUT2D eigenvalue weighted by atomic mass is 10.1. The minimum absolute atomic E-state index is 0.00926. The fourth-order valence-electron chi connectivity index (χ4n) is 3.54. The molecule has 2 aromatic heterocycles. The number of rotatable bonds is 7. The Bertz CT molecular complexity index is 1070. The number of amides is 2. The molecule has 0 N–H and O–H groups in total. The van der Waals surface area contributed by atoms with Crippen molar-refractivity contribution in [1.29, 1.82) is 0 Å². The van der Waals surface area contributed by atoms with Gasteiger partial charge in [0.1, 0.15) is 11.5 Å². The van der Waals surface area contributed by atoms with Crippen molar-refractivity contribution in [3.63, 3.8) is 0 Å². The lowest BCUT2D eigenvalue weighted by Crippen LogP contribution is -2.50. The summed E-state index contributed by atoms with van der Waals surface area (Å²) in [6.45, 7) is 1.88. The molecule has 4 rings (SSSR count). The van der Waals surface area contributed by atoms with E-state index >= 15 is 0 Å². The standard InChI is InChI=1S/C22H24N4O5S/c1-29-15-5-6-16(17(14-15)30-2)22(28)26-11-9-25(10-12-26)20(27)8-7-19-23-21(24-31-19)18-4-3-13-32-18/h3-6,13-14H,7-12H2,1-2H3. The third-order valence-electron chi connectivity index (χ3n) is 5.32. The summed E-state index contributed by atoms with van der Waals surface area (Å²) >= 11 is 1.53. The zero-order chi connectivity index (χ0) is 22.5. The van der Waals surface area contributed by atoms with Gasteiger partial charge in [-0.2, -0.15) is 4.98 Å². The van der Waals surface area contributed by atoms with Gasteiger partial charge in [-0.25, -0.2) is 0 Å². The number of nitrogens with zero attached hydrogens (tertiary/aromatic N) is 4. The van der Waals surface area contributed by atoms with Crippen LogP contribution in [-0.2, 0) is 11.2 Å². The second-order valence-electron chi connectivity index (χ2n) is 7.23. The van der Waals surface area contributed by atoms with Crippen molar-refractivity contribution in [2.45, 2.75) is 12.8 Å². The Morgan fingerprint density at radius 3 is 2.56 bits per heavy atom. The van der Waals surface area contributed by atoms with Gasteiger partial charge in [-0.05, 0) is 23.6 Å². The first-order valence-corrected chi connectivity index (χ1v) is 11.1. The van der Waals surface area contributed by atoms with Gasteiger partial charge in [0.05, 0.1) is 24.7 Å². The average Bonchev–Trinajstić information content (AvgIpc) is 3.54. The SMILES string of the molecule is COc1ccc(C(=O)N2CCN(C(=O)CCc3nc(-c4cccs4)no3)CC2)c(OC)c1. The maximum atomic E-state index is 12.9. The molecular weight excluding hydrogens is 432 g/mol. The quantitative estimate of drug-likeness (QED) is 0.539. The summed E-state index contributed by atoms with van der Waals surface area (Å²) in [5, 5.41) is 5.92. The number of hydrogen-bond acceptors (Lipinski definition) is 8. The number of thiophene rings is 1. The van der Waals surface area contributed by atoms with Crippen molar-refractivity contribution in [2.24, 2.45) is 0 Å². The Balaban J connectivity index is 1.29. The molecule has 0 radical (unpaired) electrons. The van der Waals surface area contributed by atoms with Crippen LogP contribution < -0.4 is 9.47 Å². The van der Waals surface area contributed by atoms with Crippen LogP contribution in [-0.4, -0.2) is 72.2 Å². The Kier molecular flexibility index (Phi) is 6.69. The molecule has 1 aliphatic rings. The zero-order valence-corrected chi connectivity index (χ0v) is 18.8. The lowest BCUT2D eigenvalue weighted by molar-refractivity contribution is -0.132. The minimum Gasteiger partial charge on any atom is -0.497 e.